The molecular weight excluding hydrogens is 242 g/mol. The average Bonchev–Trinajstić information content (AvgIpc) is 3.05. The van der Waals surface area contributed by atoms with Crippen molar-refractivity contribution in [3.8, 4) is 0 Å². The number of ether oxygens (including phenoxy) is 1. The summed E-state index contributed by atoms with van der Waals surface area (Å²) >= 11 is 1.75. The van der Waals surface area contributed by atoms with E-state index in [0.29, 0.717) is 0 Å². The molecule has 0 saturated carbocycles. The SMILES string of the molecule is CCc1ccsc1C(N)c1ccc2c(c1)COC2. The summed E-state index contributed by atoms with van der Waals surface area (Å²) in [5.74, 6) is 0. The maximum atomic E-state index is 6.40. The molecule has 1 aromatic heterocycles. The molecule has 2 N–H and O–H groups in total. The van der Waals surface area contributed by atoms with Crippen molar-refractivity contribution >= 4 is 11.3 Å². The number of hydrogen-bond donors (Lipinski definition) is 1. The van der Waals surface area contributed by atoms with E-state index in [-0.39, 0.29) is 6.04 Å². The maximum Gasteiger partial charge on any atom is 0.0725 e. The van der Waals surface area contributed by atoms with Gasteiger partial charge in [-0.3, -0.25) is 0 Å². The van der Waals surface area contributed by atoms with Crippen LogP contribution in [0.15, 0.2) is 29.6 Å². The molecule has 0 spiro atoms. The zero-order valence-electron chi connectivity index (χ0n) is 10.5. The Morgan fingerprint density at radius 3 is 2.94 bits per heavy atom. The second-order valence-corrected chi connectivity index (χ2v) is 5.61. The highest BCUT2D eigenvalue weighted by Crippen LogP contribution is 2.30. The summed E-state index contributed by atoms with van der Waals surface area (Å²) < 4.78 is 5.45. The number of aryl methyl sites for hydroxylation is 1. The van der Waals surface area contributed by atoms with Crippen molar-refractivity contribution in [2.45, 2.75) is 32.6 Å². The highest BCUT2D eigenvalue weighted by Gasteiger charge is 2.17. The molecule has 3 heteroatoms. The summed E-state index contributed by atoms with van der Waals surface area (Å²) in [4.78, 5) is 1.29. The Morgan fingerprint density at radius 1 is 1.28 bits per heavy atom. The largest absolute Gasteiger partial charge is 0.372 e. The summed E-state index contributed by atoms with van der Waals surface area (Å²) in [5.41, 5.74) is 11.5. The van der Waals surface area contributed by atoms with E-state index in [1.807, 2.05) is 0 Å². The molecule has 1 aromatic carbocycles. The monoisotopic (exact) mass is 259 g/mol. The summed E-state index contributed by atoms with van der Waals surface area (Å²) in [7, 11) is 0. The zero-order chi connectivity index (χ0) is 12.5. The van der Waals surface area contributed by atoms with E-state index < -0.39 is 0 Å². The van der Waals surface area contributed by atoms with Crippen LogP contribution in [0.5, 0.6) is 0 Å². The zero-order valence-corrected chi connectivity index (χ0v) is 11.3. The molecule has 18 heavy (non-hydrogen) atoms. The van der Waals surface area contributed by atoms with Gasteiger partial charge in [0.15, 0.2) is 0 Å². The first kappa shape index (κ1) is 11.9. The van der Waals surface area contributed by atoms with Crippen molar-refractivity contribution in [3.05, 3.63) is 56.8 Å². The van der Waals surface area contributed by atoms with E-state index >= 15 is 0 Å². The lowest BCUT2D eigenvalue weighted by molar-refractivity contribution is 0.134. The van der Waals surface area contributed by atoms with Crippen LogP contribution in [0.1, 0.15) is 40.1 Å². The number of thiophene rings is 1. The first-order valence-electron chi connectivity index (χ1n) is 6.31. The first-order valence-corrected chi connectivity index (χ1v) is 7.19. The summed E-state index contributed by atoms with van der Waals surface area (Å²) in [6.07, 6.45) is 1.04. The molecule has 2 nitrogen and oxygen atoms in total. The van der Waals surface area contributed by atoms with Crippen molar-refractivity contribution in [1.82, 2.24) is 0 Å². The van der Waals surface area contributed by atoms with E-state index in [0.717, 1.165) is 19.6 Å². The Hall–Kier alpha value is -1.16. The molecule has 0 fully saturated rings. The van der Waals surface area contributed by atoms with Crippen LogP contribution in [-0.4, -0.2) is 0 Å². The average molecular weight is 259 g/mol. The molecule has 2 heterocycles. The molecule has 1 unspecified atom stereocenters. The quantitative estimate of drug-likeness (QED) is 0.917. The Balaban J connectivity index is 1.95. The summed E-state index contributed by atoms with van der Waals surface area (Å²) in [6.45, 7) is 3.64. The van der Waals surface area contributed by atoms with Crippen LogP contribution in [0.3, 0.4) is 0 Å². The minimum absolute atomic E-state index is 0.00847. The standard InChI is InChI=1S/C15H17NOS/c1-2-10-5-6-18-15(10)14(16)11-3-4-12-8-17-9-13(12)7-11/h3-7,14H,2,8-9,16H2,1H3. The number of fused-ring (bicyclic) bond motifs is 1. The van der Waals surface area contributed by atoms with E-state index in [2.05, 4.69) is 36.6 Å². The minimum atomic E-state index is -0.00847. The molecular formula is C15H17NOS. The lowest BCUT2D eigenvalue weighted by Gasteiger charge is -2.13. The fraction of sp³-hybridized carbons (Fsp3) is 0.333. The molecule has 1 atom stereocenters. The van der Waals surface area contributed by atoms with Crippen molar-refractivity contribution in [2.24, 2.45) is 5.73 Å². The third-order valence-corrected chi connectivity index (χ3v) is 4.59. The number of rotatable bonds is 3. The van der Waals surface area contributed by atoms with Crippen LogP contribution in [-0.2, 0) is 24.4 Å². The molecule has 0 saturated heterocycles. The molecule has 2 aromatic rings. The van der Waals surface area contributed by atoms with Gasteiger partial charge in [-0.05, 0) is 40.1 Å². The normalized spacial score (nSPS) is 15.7. The van der Waals surface area contributed by atoms with Crippen LogP contribution in [0.2, 0.25) is 0 Å². The van der Waals surface area contributed by atoms with Crippen LogP contribution in [0.25, 0.3) is 0 Å². The van der Waals surface area contributed by atoms with Crippen molar-refractivity contribution in [1.29, 1.82) is 0 Å². The van der Waals surface area contributed by atoms with Gasteiger partial charge in [0.05, 0.1) is 19.3 Å². The fourth-order valence-corrected chi connectivity index (χ4v) is 3.47. The molecule has 0 radical (unpaired) electrons. The van der Waals surface area contributed by atoms with Gasteiger partial charge in [-0.25, -0.2) is 0 Å². The van der Waals surface area contributed by atoms with Crippen LogP contribution in [0, 0.1) is 0 Å². The van der Waals surface area contributed by atoms with Crippen molar-refractivity contribution in [2.75, 3.05) is 0 Å². The maximum absolute atomic E-state index is 6.40. The molecule has 0 bridgehead atoms. The van der Waals surface area contributed by atoms with E-state index in [1.165, 1.54) is 27.1 Å². The van der Waals surface area contributed by atoms with Gasteiger partial charge in [-0.1, -0.05) is 25.1 Å². The molecule has 1 aliphatic heterocycles. The van der Waals surface area contributed by atoms with Gasteiger partial charge < -0.3 is 10.5 Å². The summed E-state index contributed by atoms with van der Waals surface area (Å²) in [6, 6.07) is 8.65. The topological polar surface area (TPSA) is 35.2 Å². The molecule has 0 aliphatic carbocycles. The van der Waals surface area contributed by atoms with Crippen LogP contribution >= 0.6 is 11.3 Å². The second kappa shape index (κ2) is 4.84. The highest BCUT2D eigenvalue weighted by molar-refractivity contribution is 7.10. The van der Waals surface area contributed by atoms with Crippen LogP contribution < -0.4 is 5.73 Å². The number of benzene rings is 1. The van der Waals surface area contributed by atoms with Gasteiger partial charge in [-0.15, -0.1) is 11.3 Å². The minimum Gasteiger partial charge on any atom is -0.372 e. The summed E-state index contributed by atoms with van der Waals surface area (Å²) in [5, 5.41) is 2.13. The van der Waals surface area contributed by atoms with Gasteiger partial charge in [0.2, 0.25) is 0 Å². The third kappa shape index (κ3) is 1.99. The van der Waals surface area contributed by atoms with Crippen molar-refractivity contribution in [3.63, 3.8) is 0 Å². The fourth-order valence-electron chi connectivity index (χ4n) is 2.45. The Kier molecular flexibility index (Phi) is 3.20. The predicted molar refractivity (Wildman–Crippen MR) is 74.7 cm³/mol. The molecule has 1 aliphatic rings. The van der Waals surface area contributed by atoms with Gasteiger partial charge in [0.1, 0.15) is 0 Å². The Labute approximate surface area is 111 Å². The van der Waals surface area contributed by atoms with E-state index in [9.17, 15) is 0 Å². The second-order valence-electron chi connectivity index (χ2n) is 4.66. The highest BCUT2D eigenvalue weighted by atomic mass is 32.1. The number of nitrogens with two attached hydrogens (primary N) is 1. The Bertz CT molecular complexity index is 561. The van der Waals surface area contributed by atoms with Crippen LogP contribution in [0.4, 0.5) is 0 Å². The van der Waals surface area contributed by atoms with E-state index in [4.69, 9.17) is 10.5 Å². The lowest BCUT2D eigenvalue weighted by atomic mass is 9.98. The third-order valence-electron chi connectivity index (χ3n) is 3.55. The van der Waals surface area contributed by atoms with E-state index in [1.54, 1.807) is 11.3 Å². The lowest BCUT2D eigenvalue weighted by Crippen LogP contribution is -2.12. The van der Waals surface area contributed by atoms with Gasteiger partial charge in [0.25, 0.3) is 0 Å². The Morgan fingerprint density at radius 2 is 2.11 bits per heavy atom. The molecule has 94 valence electrons. The molecule has 3 rings (SSSR count). The predicted octanol–water partition coefficient (Wildman–Crippen LogP) is 3.39. The molecule has 0 amide bonds. The smallest absolute Gasteiger partial charge is 0.0725 e. The van der Waals surface area contributed by atoms with Crippen molar-refractivity contribution < 1.29 is 4.74 Å². The number of hydrogen-bond acceptors (Lipinski definition) is 3. The van der Waals surface area contributed by atoms with Gasteiger partial charge >= 0.3 is 0 Å². The van der Waals surface area contributed by atoms with Gasteiger partial charge in [-0.2, -0.15) is 0 Å². The van der Waals surface area contributed by atoms with Gasteiger partial charge in [0, 0.05) is 4.88 Å². The first-order chi connectivity index (χ1) is 8.79.